The number of imide groups is 1. The first kappa shape index (κ1) is 32.8. The number of benzene rings is 2. The summed E-state index contributed by atoms with van der Waals surface area (Å²) >= 11 is 0. The van der Waals surface area contributed by atoms with Crippen molar-refractivity contribution in [3.05, 3.63) is 65.7 Å². The predicted octanol–water partition coefficient (Wildman–Crippen LogP) is 7.24. The van der Waals surface area contributed by atoms with E-state index in [1.54, 1.807) is 7.11 Å². The third-order valence-corrected chi connectivity index (χ3v) is 13.0. The van der Waals surface area contributed by atoms with Gasteiger partial charge in [-0.2, -0.15) is 0 Å². The molecule has 1 aliphatic heterocycles. The van der Waals surface area contributed by atoms with E-state index in [2.05, 4.69) is 47.7 Å². The van der Waals surface area contributed by atoms with Crippen LogP contribution in [0.5, 0.6) is 5.75 Å². The Kier molecular flexibility index (Phi) is 11.6. The summed E-state index contributed by atoms with van der Waals surface area (Å²) in [6.45, 7) is 16.8. The monoisotopic (exact) mass is 583 g/mol. The number of ether oxygens (including phenoxy) is 3. The summed E-state index contributed by atoms with van der Waals surface area (Å²) in [6, 6.07) is 17.5. The van der Waals surface area contributed by atoms with Crippen LogP contribution in [0.2, 0.25) is 18.1 Å². The SMILES string of the molecule is COc1ccc(COC[C@H](C)[C@H](O[Si](C)(C)C(C)(C)C)[C@@H](C)CCC(=O)N2C(=O)OCC2Cc2ccccc2)cc1. The van der Waals surface area contributed by atoms with Gasteiger partial charge in [0.05, 0.1) is 32.5 Å². The smallest absolute Gasteiger partial charge is 0.416 e. The van der Waals surface area contributed by atoms with Crippen molar-refractivity contribution in [2.75, 3.05) is 20.3 Å². The van der Waals surface area contributed by atoms with Crippen LogP contribution < -0.4 is 4.74 Å². The van der Waals surface area contributed by atoms with Gasteiger partial charge in [0, 0.05) is 12.3 Å². The lowest BCUT2D eigenvalue weighted by Gasteiger charge is -2.43. The number of nitrogens with zero attached hydrogens (tertiary/aromatic N) is 1. The quantitative estimate of drug-likeness (QED) is 0.218. The maximum Gasteiger partial charge on any atom is 0.416 e. The lowest BCUT2D eigenvalue weighted by molar-refractivity contribution is -0.129. The lowest BCUT2D eigenvalue weighted by atomic mass is 9.90. The van der Waals surface area contributed by atoms with Gasteiger partial charge in [0.25, 0.3) is 0 Å². The van der Waals surface area contributed by atoms with Crippen molar-refractivity contribution in [1.82, 2.24) is 4.90 Å². The van der Waals surface area contributed by atoms with Crippen molar-refractivity contribution < 1.29 is 28.2 Å². The summed E-state index contributed by atoms with van der Waals surface area (Å²) in [5.74, 6) is 0.852. The minimum Gasteiger partial charge on any atom is -0.497 e. The van der Waals surface area contributed by atoms with Crippen LogP contribution in [0, 0.1) is 11.8 Å². The molecule has 2 aromatic carbocycles. The number of carbonyl (C=O) groups excluding carboxylic acids is 2. The highest BCUT2D eigenvalue weighted by Crippen LogP contribution is 2.40. The lowest BCUT2D eigenvalue weighted by Crippen LogP contribution is -2.48. The van der Waals surface area contributed by atoms with Crippen LogP contribution in [0.1, 0.15) is 58.6 Å². The highest BCUT2D eigenvalue weighted by Gasteiger charge is 2.42. The Morgan fingerprint density at radius 3 is 2.29 bits per heavy atom. The molecular weight excluding hydrogens is 534 g/mol. The number of amides is 2. The van der Waals surface area contributed by atoms with E-state index in [1.807, 2.05) is 54.6 Å². The van der Waals surface area contributed by atoms with Crippen LogP contribution >= 0.6 is 0 Å². The van der Waals surface area contributed by atoms with Crippen LogP contribution in [-0.4, -0.2) is 57.7 Å². The van der Waals surface area contributed by atoms with Gasteiger partial charge in [-0.15, -0.1) is 0 Å². The number of hydrogen-bond acceptors (Lipinski definition) is 6. The summed E-state index contributed by atoms with van der Waals surface area (Å²) in [4.78, 5) is 27.2. The van der Waals surface area contributed by atoms with Gasteiger partial charge in [-0.3, -0.25) is 4.79 Å². The van der Waals surface area contributed by atoms with Gasteiger partial charge < -0.3 is 18.6 Å². The van der Waals surface area contributed by atoms with E-state index in [0.717, 1.165) is 16.9 Å². The van der Waals surface area contributed by atoms with Gasteiger partial charge >= 0.3 is 6.09 Å². The number of hydrogen-bond donors (Lipinski definition) is 0. The first-order valence-electron chi connectivity index (χ1n) is 14.7. The van der Waals surface area contributed by atoms with Gasteiger partial charge in [0.15, 0.2) is 8.32 Å². The number of carbonyl (C=O) groups is 2. The minimum absolute atomic E-state index is 0.0500. The Morgan fingerprint density at radius 1 is 1.02 bits per heavy atom. The number of rotatable bonds is 14. The summed E-state index contributed by atoms with van der Waals surface area (Å²) in [7, 11) is -0.436. The van der Waals surface area contributed by atoms with Crippen LogP contribution in [0.15, 0.2) is 54.6 Å². The molecule has 41 heavy (non-hydrogen) atoms. The van der Waals surface area contributed by atoms with Crippen LogP contribution in [0.25, 0.3) is 0 Å². The zero-order valence-electron chi connectivity index (χ0n) is 26.1. The topological polar surface area (TPSA) is 74.3 Å². The second-order valence-corrected chi connectivity index (χ2v) is 17.6. The fourth-order valence-electron chi connectivity index (χ4n) is 4.93. The van der Waals surface area contributed by atoms with Gasteiger partial charge in [-0.05, 0) is 60.2 Å². The molecule has 3 rings (SSSR count). The molecule has 1 unspecified atom stereocenters. The minimum atomic E-state index is -2.09. The molecule has 226 valence electrons. The molecule has 1 heterocycles. The highest BCUT2D eigenvalue weighted by atomic mass is 28.4. The zero-order chi connectivity index (χ0) is 30.2. The molecule has 1 saturated heterocycles. The van der Waals surface area contributed by atoms with Gasteiger partial charge in [0.1, 0.15) is 12.4 Å². The largest absolute Gasteiger partial charge is 0.497 e. The molecule has 0 N–H and O–H groups in total. The summed E-state index contributed by atoms with van der Waals surface area (Å²) in [6.07, 6.45) is 0.845. The van der Waals surface area contributed by atoms with E-state index >= 15 is 0 Å². The van der Waals surface area contributed by atoms with Crippen LogP contribution in [-0.2, 0) is 31.7 Å². The van der Waals surface area contributed by atoms with E-state index in [1.165, 1.54) is 4.90 Å². The molecule has 0 bridgehead atoms. The molecular formula is C33H49NO6Si. The third kappa shape index (κ3) is 9.15. The van der Waals surface area contributed by atoms with Crippen molar-refractivity contribution >= 4 is 20.3 Å². The second kappa shape index (κ2) is 14.5. The Balaban J connectivity index is 1.64. The molecule has 0 aromatic heterocycles. The first-order chi connectivity index (χ1) is 19.3. The summed E-state index contributed by atoms with van der Waals surface area (Å²) < 4.78 is 23.6. The first-order valence-corrected chi connectivity index (χ1v) is 17.6. The molecule has 1 fully saturated rings. The number of cyclic esters (lactones) is 1. The Bertz CT molecular complexity index is 1110. The Labute approximate surface area is 247 Å². The van der Waals surface area contributed by atoms with Gasteiger partial charge in [0.2, 0.25) is 5.91 Å². The maximum absolute atomic E-state index is 13.3. The van der Waals surface area contributed by atoms with Crippen molar-refractivity contribution in [3.63, 3.8) is 0 Å². The predicted molar refractivity (Wildman–Crippen MR) is 164 cm³/mol. The Morgan fingerprint density at radius 2 is 1.68 bits per heavy atom. The van der Waals surface area contributed by atoms with Gasteiger partial charge in [-0.25, -0.2) is 9.69 Å². The molecule has 0 saturated carbocycles. The summed E-state index contributed by atoms with van der Waals surface area (Å²) in [5, 5.41) is 0.0500. The second-order valence-electron chi connectivity index (χ2n) is 12.9. The standard InChI is InChI=1S/C33H49NO6Si/c1-24(14-19-30(35)34-28(23-39-32(34)36)20-26-12-10-9-11-13-26)31(40-41(7,8)33(3,4)5)25(2)21-38-22-27-15-17-29(37-6)18-16-27/h9-13,15-18,24-25,28,31H,14,19-23H2,1-8H3/t24-,25-,28?,31+/m0/s1. The fraction of sp³-hybridized carbons (Fsp3) is 0.576. The molecule has 0 aliphatic carbocycles. The van der Waals surface area contributed by atoms with Crippen molar-refractivity contribution in [1.29, 1.82) is 0 Å². The number of methoxy groups -OCH3 is 1. The Hall–Kier alpha value is -2.68. The fourth-order valence-corrected chi connectivity index (χ4v) is 6.43. The average Bonchev–Trinajstić information content (AvgIpc) is 3.30. The highest BCUT2D eigenvalue weighted by molar-refractivity contribution is 6.74. The van der Waals surface area contributed by atoms with E-state index in [-0.39, 0.29) is 48.0 Å². The molecule has 2 aromatic rings. The summed E-state index contributed by atoms with van der Waals surface area (Å²) in [5.41, 5.74) is 2.16. The molecule has 1 aliphatic rings. The molecule has 7 nitrogen and oxygen atoms in total. The normalized spacial score (nSPS) is 18.1. The molecule has 0 spiro atoms. The molecule has 8 heteroatoms. The van der Waals surface area contributed by atoms with E-state index in [4.69, 9.17) is 18.6 Å². The zero-order valence-corrected chi connectivity index (χ0v) is 27.1. The maximum atomic E-state index is 13.3. The molecule has 4 atom stereocenters. The van der Waals surface area contributed by atoms with E-state index < -0.39 is 14.4 Å². The van der Waals surface area contributed by atoms with Crippen molar-refractivity contribution in [2.45, 2.75) is 90.8 Å². The average molecular weight is 584 g/mol. The van der Waals surface area contributed by atoms with E-state index in [0.29, 0.717) is 26.1 Å². The van der Waals surface area contributed by atoms with Crippen LogP contribution in [0.4, 0.5) is 4.79 Å². The van der Waals surface area contributed by atoms with Gasteiger partial charge in [-0.1, -0.05) is 77.1 Å². The molecule has 2 amide bonds. The molecule has 0 radical (unpaired) electrons. The van der Waals surface area contributed by atoms with E-state index in [9.17, 15) is 9.59 Å². The van der Waals surface area contributed by atoms with Crippen molar-refractivity contribution in [3.8, 4) is 5.75 Å². The van der Waals surface area contributed by atoms with Crippen LogP contribution in [0.3, 0.4) is 0 Å². The van der Waals surface area contributed by atoms with Crippen molar-refractivity contribution in [2.24, 2.45) is 11.8 Å². The third-order valence-electron chi connectivity index (χ3n) is 8.52.